The van der Waals surface area contributed by atoms with Crippen LogP contribution in [-0.4, -0.2) is 62.8 Å². The Bertz CT molecular complexity index is 1150. The highest BCUT2D eigenvalue weighted by atomic mass is 19.4. The minimum atomic E-state index is -4.63. The minimum Gasteiger partial charge on any atom is -0.481 e. The second-order valence-corrected chi connectivity index (χ2v) is 10.2. The van der Waals surface area contributed by atoms with E-state index in [9.17, 15) is 36.6 Å². The third-order valence-electron chi connectivity index (χ3n) is 7.19. The molecule has 39 heavy (non-hydrogen) atoms. The summed E-state index contributed by atoms with van der Waals surface area (Å²) in [5.74, 6) is -4.75. The third kappa shape index (κ3) is 7.77. The van der Waals surface area contributed by atoms with Crippen LogP contribution in [0.25, 0.3) is 11.3 Å². The Morgan fingerprint density at radius 3 is 2.44 bits per heavy atom. The molecule has 0 radical (unpaired) electrons. The third-order valence-corrected chi connectivity index (χ3v) is 7.19. The summed E-state index contributed by atoms with van der Waals surface area (Å²) in [6.45, 7) is 5.43. The summed E-state index contributed by atoms with van der Waals surface area (Å²) in [7, 11) is 0. The predicted octanol–water partition coefficient (Wildman–Crippen LogP) is 6.01. The first-order chi connectivity index (χ1) is 18.3. The maximum atomic E-state index is 13.9. The van der Waals surface area contributed by atoms with Crippen molar-refractivity contribution in [3.05, 3.63) is 41.6 Å². The van der Waals surface area contributed by atoms with Crippen LogP contribution in [0.3, 0.4) is 0 Å². The number of hydrogen-bond donors (Lipinski definition) is 2. The number of likely N-dealkylation sites (tertiary alicyclic amines) is 1. The van der Waals surface area contributed by atoms with E-state index >= 15 is 0 Å². The van der Waals surface area contributed by atoms with Gasteiger partial charge in [-0.05, 0) is 51.3 Å². The Morgan fingerprint density at radius 2 is 1.85 bits per heavy atom. The number of piperidine rings is 1. The number of amides is 1. The van der Waals surface area contributed by atoms with Gasteiger partial charge < -0.3 is 10.4 Å². The first-order valence-electron chi connectivity index (χ1n) is 13.2. The summed E-state index contributed by atoms with van der Waals surface area (Å²) in [6.07, 6.45) is -3.76. The molecule has 2 heterocycles. The summed E-state index contributed by atoms with van der Waals surface area (Å²) in [5.41, 5.74) is -1.01. The molecule has 1 unspecified atom stereocenters. The quantitative estimate of drug-likeness (QED) is 0.330. The molecule has 3 rings (SSSR count). The zero-order valence-corrected chi connectivity index (χ0v) is 22.3. The molecule has 1 aliphatic rings. The fourth-order valence-electron chi connectivity index (χ4n) is 5.17. The number of carbonyl (C=O) groups excluding carboxylic acids is 1. The van der Waals surface area contributed by atoms with Gasteiger partial charge in [-0.3, -0.25) is 19.2 Å². The summed E-state index contributed by atoms with van der Waals surface area (Å²) in [4.78, 5) is 26.3. The Balaban J connectivity index is 1.91. The SMILES string of the molecule is CCC(CC)n1nc(C(=O)N[C@H](CC(=O)O)CC(C)N2CCCC(F)(F)C2)cc1-c1ccccc1C(F)(F)F. The first kappa shape index (κ1) is 30.5. The smallest absolute Gasteiger partial charge is 0.417 e. The lowest BCUT2D eigenvalue weighted by molar-refractivity contribution is -0.138. The standard InChI is InChI=1S/C27H35F5N4O3/c1-4-19(5-2)36-23(20-9-6-7-10-21(20)27(30,31)32)15-22(34-36)25(39)33-18(14-24(37)38)13-17(3)35-12-8-11-26(28,29)16-35/h6-7,9-10,15,17-19H,4-5,8,11-14,16H2,1-3H3,(H,33,39)(H,37,38)/t17?,18-/m0/s1. The second-order valence-electron chi connectivity index (χ2n) is 10.2. The molecule has 0 saturated carbocycles. The molecule has 12 heteroatoms. The predicted molar refractivity (Wildman–Crippen MR) is 136 cm³/mol. The highest BCUT2D eigenvalue weighted by Gasteiger charge is 2.38. The Labute approximate surface area is 224 Å². The summed E-state index contributed by atoms with van der Waals surface area (Å²) in [5, 5.41) is 16.4. The van der Waals surface area contributed by atoms with E-state index in [4.69, 9.17) is 0 Å². The zero-order valence-electron chi connectivity index (χ0n) is 22.3. The molecule has 2 N–H and O–H groups in total. The van der Waals surface area contributed by atoms with E-state index in [1.165, 1.54) is 28.9 Å². The van der Waals surface area contributed by atoms with Gasteiger partial charge in [-0.15, -0.1) is 0 Å². The molecule has 0 aliphatic carbocycles. The van der Waals surface area contributed by atoms with Crippen molar-refractivity contribution in [3.8, 4) is 11.3 Å². The summed E-state index contributed by atoms with van der Waals surface area (Å²) in [6, 6.07) is 4.72. The van der Waals surface area contributed by atoms with Crippen molar-refractivity contribution in [2.75, 3.05) is 13.1 Å². The molecule has 1 amide bonds. The number of carbonyl (C=O) groups is 2. The highest BCUT2D eigenvalue weighted by Crippen LogP contribution is 2.38. The number of nitrogens with one attached hydrogen (secondary N) is 1. The van der Waals surface area contributed by atoms with Gasteiger partial charge in [0.1, 0.15) is 0 Å². The molecular formula is C27H35F5N4O3. The monoisotopic (exact) mass is 558 g/mol. The average molecular weight is 559 g/mol. The van der Waals surface area contributed by atoms with Gasteiger partial charge in [-0.1, -0.05) is 32.0 Å². The maximum absolute atomic E-state index is 13.9. The van der Waals surface area contributed by atoms with Crippen LogP contribution in [-0.2, 0) is 11.0 Å². The van der Waals surface area contributed by atoms with E-state index in [2.05, 4.69) is 10.4 Å². The number of benzene rings is 1. The Morgan fingerprint density at radius 1 is 1.18 bits per heavy atom. The number of hydrogen-bond acceptors (Lipinski definition) is 4. The number of rotatable bonds is 11. The molecule has 0 spiro atoms. The summed E-state index contributed by atoms with van der Waals surface area (Å²) < 4.78 is 70.6. The van der Waals surface area contributed by atoms with Crippen molar-refractivity contribution >= 4 is 11.9 Å². The minimum absolute atomic E-state index is 0.102. The van der Waals surface area contributed by atoms with E-state index in [-0.39, 0.29) is 35.8 Å². The van der Waals surface area contributed by atoms with Crippen molar-refractivity contribution < 1.29 is 36.6 Å². The molecule has 2 atom stereocenters. The van der Waals surface area contributed by atoms with Gasteiger partial charge in [-0.25, -0.2) is 8.78 Å². The number of carboxylic acid groups (broad SMARTS) is 1. The van der Waals surface area contributed by atoms with Crippen LogP contribution in [0.15, 0.2) is 30.3 Å². The van der Waals surface area contributed by atoms with E-state index < -0.39 is 54.6 Å². The van der Waals surface area contributed by atoms with Crippen LogP contribution in [0.5, 0.6) is 0 Å². The van der Waals surface area contributed by atoms with Crippen LogP contribution in [0.2, 0.25) is 0 Å². The van der Waals surface area contributed by atoms with Gasteiger partial charge >= 0.3 is 12.1 Å². The Kier molecular flexibility index (Phi) is 9.74. The van der Waals surface area contributed by atoms with Crippen molar-refractivity contribution in [2.24, 2.45) is 0 Å². The van der Waals surface area contributed by atoms with Crippen LogP contribution < -0.4 is 5.32 Å². The van der Waals surface area contributed by atoms with Gasteiger partial charge in [0.15, 0.2) is 5.69 Å². The van der Waals surface area contributed by atoms with Crippen LogP contribution in [0.1, 0.15) is 81.4 Å². The van der Waals surface area contributed by atoms with E-state index in [0.717, 1.165) is 6.07 Å². The number of aliphatic carboxylic acids is 1. The lowest BCUT2D eigenvalue weighted by atomic mass is 9.99. The molecule has 1 aromatic carbocycles. The number of alkyl halides is 5. The second kappa shape index (κ2) is 12.4. The van der Waals surface area contributed by atoms with E-state index in [1.807, 2.05) is 13.8 Å². The number of aromatic nitrogens is 2. The number of carboxylic acids is 1. The van der Waals surface area contributed by atoms with Crippen molar-refractivity contribution in [2.45, 2.75) is 89.5 Å². The molecule has 1 aromatic heterocycles. The molecule has 1 saturated heterocycles. The largest absolute Gasteiger partial charge is 0.481 e. The van der Waals surface area contributed by atoms with Gasteiger partial charge in [0.05, 0.1) is 30.3 Å². The Hall–Kier alpha value is -3.02. The number of nitrogens with zero attached hydrogens (tertiary/aromatic N) is 3. The number of halogens is 5. The molecule has 2 aromatic rings. The first-order valence-corrected chi connectivity index (χ1v) is 13.2. The fourth-order valence-corrected chi connectivity index (χ4v) is 5.17. The zero-order chi connectivity index (χ0) is 29.0. The van der Waals surface area contributed by atoms with Crippen LogP contribution >= 0.6 is 0 Å². The molecule has 0 bridgehead atoms. The van der Waals surface area contributed by atoms with Crippen molar-refractivity contribution in [1.82, 2.24) is 20.0 Å². The fraction of sp³-hybridized carbons (Fsp3) is 0.593. The van der Waals surface area contributed by atoms with Crippen molar-refractivity contribution in [3.63, 3.8) is 0 Å². The van der Waals surface area contributed by atoms with E-state index in [1.54, 1.807) is 11.8 Å². The normalized spacial score (nSPS) is 17.7. The van der Waals surface area contributed by atoms with Crippen LogP contribution in [0, 0.1) is 0 Å². The van der Waals surface area contributed by atoms with E-state index in [0.29, 0.717) is 25.8 Å². The van der Waals surface area contributed by atoms with Gasteiger partial charge in [0.2, 0.25) is 0 Å². The van der Waals surface area contributed by atoms with Gasteiger partial charge in [0.25, 0.3) is 11.8 Å². The molecule has 1 aliphatic heterocycles. The molecule has 7 nitrogen and oxygen atoms in total. The molecule has 1 fully saturated rings. The topological polar surface area (TPSA) is 87.5 Å². The highest BCUT2D eigenvalue weighted by molar-refractivity contribution is 5.94. The molecule has 216 valence electrons. The van der Waals surface area contributed by atoms with Gasteiger partial charge in [-0.2, -0.15) is 18.3 Å². The summed E-state index contributed by atoms with van der Waals surface area (Å²) >= 11 is 0. The molecular weight excluding hydrogens is 523 g/mol. The van der Waals surface area contributed by atoms with Crippen LogP contribution in [0.4, 0.5) is 22.0 Å². The van der Waals surface area contributed by atoms with Gasteiger partial charge in [0, 0.05) is 24.1 Å². The lowest BCUT2D eigenvalue weighted by Gasteiger charge is -2.37. The van der Waals surface area contributed by atoms with Crippen molar-refractivity contribution in [1.29, 1.82) is 0 Å². The lowest BCUT2D eigenvalue weighted by Crippen LogP contribution is -2.49. The maximum Gasteiger partial charge on any atom is 0.417 e. The average Bonchev–Trinajstić information content (AvgIpc) is 3.28.